The lowest BCUT2D eigenvalue weighted by molar-refractivity contribution is -0.136. The summed E-state index contributed by atoms with van der Waals surface area (Å²) >= 11 is 0. The van der Waals surface area contributed by atoms with Crippen molar-refractivity contribution in [3.05, 3.63) is 46.9 Å². The predicted octanol–water partition coefficient (Wildman–Crippen LogP) is 2.92. The normalized spacial score (nSPS) is 14.7. The van der Waals surface area contributed by atoms with E-state index >= 15 is 0 Å². The summed E-state index contributed by atoms with van der Waals surface area (Å²) in [6.07, 6.45) is 2.77. The molecule has 0 atom stereocenters. The number of halogens is 1. The van der Waals surface area contributed by atoms with E-state index in [1.54, 1.807) is 12.1 Å². The Kier molecular flexibility index (Phi) is 4.55. The summed E-state index contributed by atoms with van der Waals surface area (Å²) < 4.78 is 17.8. The van der Waals surface area contributed by atoms with Gasteiger partial charge in [-0.3, -0.25) is 0 Å². The van der Waals surface area contributed by atoms with Gasteiger partial charge in [0.25, 0.3) is 0 Å². The van der Waals surface area contributed by atoms with Crippen molar-refractivity contribution in [1.29, 1.82) is 0 Å². The third kappa shape index (κ3) is 3.56. The van der Waals surface area contributed by atoms with Crippen LogP contribution in [0.3, 0.4) is 0 Å². The molecule has 0 saturated carbocycles. The average molecular weight is 263 g/mol. The number of benzene rings is 1. The molecule has 3 nitrogen and oxygen atoms in total. The predicted molar refractivity (Wildman–Crippen MR) is 70.7 cm³/mol. The zero-order valence-electron chi connectivity index (χ0n) is 11.0. The minimum absolute atomic E-state index is 0.213. The number of carbonyl (C=O) groups is 1. The average Bonchev–Trinajstić information content (AvgIpc) is 2.76. The lowest BCUT2D eigenvalue weighted by Crippen LogP contribution is -2.15. The molecular formula is C15H18FNO2. The molecule has 1 N–H and O–H groups in total. The Morgan fingerprint density at radius 1 is 1.32 bits per heavy atom. The number of cyclic esters (lactones) is 1. The second-order valence-corrected chi connectivity index (χ2v) is 4.62. The minimum Gasteiger partial charge on any atom is -0.456 e. The van der Waals surface area contributed by atoms with Crippen LogP contribution in [0.5, 0.6) is 0 Å². The van der Waals surface area contributed by atoms with Gasteiger partial charge >= 0.3 is 5.97 Å². The van der Waals surface area contributed by atoms with Crippen LogP contribution in [0.25, 0.3) is 0 Å². The maximum absolute atomic E-state index is 12.8. The molecule has 0 saturated heterocycles. The van der Waals surface area contributed by atoms with Crippen LogP contribution in [0.1, 0.15) is 31.7 Å². The van der Waals surface area contributed by atoms with E-state index in [-0.39, 0.29) is 11.8 Å². The topological polar surface area (TPSA) is 38.3 Å². The van der Waals surface area contributed by atoms with E-state index in [0.29, 0.717) is 13.2 Å². The Bertz CT molecular complexity index is 479. The highest BCUT2D eigenvalue weighted by Gasteiger charge is 2.23. The molecule has 0 aromatic heterocycles. The molecule has 4 heteroatoms. The van der Waals surface area contributed by atoms with Crippen LogP contribution in [0.15, 0.2) is 35.5 Å². The number of hydrogen-bond donors (Lipinski definition) is 1. The number of rotatable bonds is 6. The second kappa shape index (κ2) is 6.36. The van der Waals surface area contributed by atoms with Gasteiger partial charge in [-0.25, -0.2) is 9.18 Å². The van der Waals surface area contributed by atoms with Gasteiger partial charge in [-0.15, -0.1) is 0 Å². The summed E-state index contributed by atoms with van der Waals surface area (Å²) in [5, 5.41) is 3.22. The Balaban J connectivity index is 1.98. The highest BCUT2D eigenvalue weighted by atomic mass is 19.1. The zero-order valence-corrected chi connectivity index (χ0v) is 11.0. The van der Waals surface area contributed by atoms with Crippen LogP contribution in [0.4, 0.5) is 4.39 Å². The molecule has 0 fully saturated rings. The van der Waals surface area contributed by atoms with E-state index < -0.39 is 0 Å². The summed E-state index contributed by atoms with van der Waals surface area (Å²) in [4.78, 5) is 11.6. The monoisotopic (exact) mass is 263 g/mol. The largest absolute Gasteiger partial charge is 0.456 e. The summed E-state index contributed by atoms with van der Waals surface area (Å²) in [5.74, 6) is -0.457. The first kappa shape index (κ1) is 13.6. The molecular weight excluding hydrogens is 245 g/mol. The molecule has 1 aromatic carbocycles. The third-order valence-corrected chi connectivity index (χ3v) is 3.16. The number of esters is 1. The fraction of sp³-hybridized carbons (Fsp3) is 0.400. The molecule has 1 heterocycles. The van der Waals surface area contributed by atoms with Gasteiger partial charge in [0.15, 0.2) is 0 Å². The summed E-state index contributed by atoms with van der Waals surface area (Å²) in [5.41, 5.74) is 2.59. The van der Waals surface area contributed by atoms with Crippen molar-refractivity contribution in [3.8, 4) is 0 Å². The number of ether oxygens (including phenoxy) is 1. The molecule has 0 spiro atoms. The molecule has 2 rings (SSSR count). The van der Waals surface area contributed by atoms with Gasteiger partial charge in [-0.2, -0.15) is 0 Å². The number of hydrogen-bond acceptors (Lipinski definition) is 3. The molecule has 102 valence electrons. The Morgan fingerprint density at radius 2 is 2.05 bits per heavy atom. The first-order valence-electron chi connectivity index (χ1n) is 6.58. The maximum Gasteiger partial charge on any atom is 0.336 e. The highest BCUT2D eigenvalue weighted by molar-refractivity contribution is 5.91. The van der Waals surface area contributed by atoms with E-state index in [9.17, 15) is 9.18 Å². The van der Waals surface area contributed by atoms with Gasteiger partial charge in [0.2, 0.25) is 0 Å². The molecule has 0 radical (unpaired) electrons. The van der Waals surface area contributed by atoms with Crippen molar-refractivity contribution in [1.82, 2.24) is 5.32 Å². The van der Waals surface area contributed by atoms with Crippen molar-refractivity contribution < 1.29 is 13.9 Å². The molecule has 1 aliphatic heterocycles. The minimum atomic E-state index is -0.244. The molecule has 0 aliphatic carbocycles. The van der Waals surface area contributed by atoms with Gasteiger partial charge in [0, 0.05) is 6.54 Å². The first-order chi connectivity index (χ1) is 9.20. The molecule has 0 amide bonds. The molecule has 1 aliphatic rings. The van der Waals surface area contributed by atoms with Crippen LogP contribution in [0.2, 0.25) is 0 Å². The van der Waals surface area contributed by atoms with Crippen molar-refractivity contribution in [2.45, 2.75) is 32.7 Å². The molecule has 0 bridgehead atoms. The Morgan fingerprint density at radius 3 is 2.74 bits per heavy atom. The molecule has 0 unspecified atom stereocenters. The van der Waals surface area contributed by atoms with Crippen molar-refractivity contribution >= 4 is 5.97 Å². The Hall–Kier alpha value is -1.84. The second-order valence-electron chi connectivity index (χ2n) is 4.62. The molecule has 1 aromatic rings. The van der Waals surface area contributed by atoms with Crippen LogP contribution in [-0.4, -0.2) is 12.6 Å². The lowest BCUT2D eigenvalue weighted by Gasteiger charge is -2.08. The van der Waals surface area contributed by atoms with Gasteiger partial charge in [-0.05, 0) is 30.5 Å². The van der Waals surface area contributed by atoms with E-state index in [2.05, 4.69) is 12.2 Å². The highest BCUT2D eigenvalue weighted by Crippen LogP contribution is 2.20. The smallest absolute Gasteiger partial charge is 0.336 e. The van der Waals surface area contributed by atoms with Crippen molar-refractivity contribution in [2.75, 3.05) is 6.61 Å². The van der Waals surface area contributed by atoms with Gasteiger partial charge in [0.05, 0.1) is 11.3 Å². The number of nitrogens with one attached hydrogen (secondary N) is 1. The van der Waals surface area contributed by atoms with Crippen LogP contribution in [-0.2, 0) is 16.1 Å². The lowest BCUT2D eigenvalue weighted by atomic mass is 10.1. The number of carbonyl (C=O) groups excluding carboxylic acids is 1. The standard InChI is InChI=1S/C15H18FNO2/c1-2-3-4-13-14(10-19-15(13)18)17-9-11-5-7-12(16)8-6-11/h5-8,17H,2-4,9-10H2,1H3. The van der Waals surface area contributed by atoms with Crippen molar-refractivity contribution in [3.63, 3.8) is 0 Å². The third-order valence-electron chi connectivity index (χ3n) is 3.16. The summed E-state index contributed by atoms with van der Waals surface area (Å²) in [7, 11) is 0. The van der Waals surface area contributed by atoms with Gasteiger partial charge in [-0.1, -0.05) is 25.5 Å². The fourth-order valence-electron chi connectivity index (χ4n) is 2.01. The number of unbranched alkanes of at least 4 members (excludes halogenated alkanes) is 1. The SMILES string of the molecule is CCCCC1=C(NCc2ccc(F)cc2)COC1=O. The first-order valence-corrected chi connectivity index (χ1v) is 6.58. The van der Waals surface area contributed by atoms with E-state index in [0.717, 1.165) is 36.1 Å². The quantitative estimate of drug-likeness (QED) is 0.802. The molecule has 19 heavy (non-hydrogen) atoms. The van der Waals surface area contributed by atoms with Gasteiger partial charge < -0.3 is 10.1 Å². The summed E-state index contributed by atoms with van der Waals surface area (Å²) in [6, 6.07) is 6.32. The van der Waals surface area contributed by atoms with Crippen LogP contribution < -0.4 is 5.32 Å². The Labute approximate surface area is 112 Å². The zero-order chi connectivity index (χ0) is 13.7. The van der Waals surface area contributed by atoms with E-state index in [4.69, 9.17) is 4.74 Å². The summed E-state index contributed by atoms with van der Waals surface area (Å²) in [6.45, 7) is 2.98. The van der Waals surface area contributed by atoms with E-state index in [1.165, 1.54) is 12.1 Å². The van der Waals surface area contributed by atoms with Crippen LogP contribution >= 0.6 is 0 Å². The van der Waals surface area contributed by atoms with Crippen molar-refractivity contribution in [2.24, 2.45) is 0 Å². The maximum atomic E-state index is 12.8. The fourth-order valence-corrected chi connectivity index (χ4v) is 2.01. The van der Waals surface area contributed by atoms with Crippen LogP contribution in [0, 0.1) is 5.82 Å². The van der Waals surface area contributed by atoms with Gasteiger partial charge in [0.1, 0.15) is 12.4 Å². The van der Waals surface area contributed by atoms with E-state index in [1.807, 2.05) is 0 Å².